The van der Waals surface area contributed by atoms with E-state index in [4.69, 9.17) is 30.5 Å². The molecule has 1 saturated carbocycles. The van der Waals surface area contributed by atoms with E-state index < -0.39 is 26.8 Å². The van der Waals surface area contributed by atoms with Crippen molar-refractivity contribution in [3.8, 4) is 5.75 Å². The van der Waals surface area contributed by atoms with Crippen molar-refractivity contribution in [1.29, 1.82) is 0 Å². The highest BCUT2D eigenvalue weighted by atomic mass is 35.5. The average molecular weight is 814 g/mol. The van der Waals surface area contributed by atoms with E-state index in [9.17, 15) is 13.2 Å². The van der Waals surface area contributed by atoms with E-state index in [1.165, 1.54) is 12.7 Å². The van der Waals surface area contributed by atoms with Gasteiger partial charge in [-0.1, -0.05) is 36.7 Å². The third-order valence-corrected chi connectivity index (χ3v) is 15.3. The van der Waals surface area contributed by atoms with Crippen molar-refractivity contribution in [3.05, 3.63) is 70.3 Å². The first-order valence-electron chi connectivity index (χ1n) is 20.7. The lowest BCUT2D eigenvalue weighted by molar-refractivity contribution is -0.148. The SMILES string of the molecule is CCO[C@]1([C@H](C)N2CCN3CCOC[C@@H]3C2)/C=C/C[C@H](C)[C@@H](COC)S(=O)(=O)NC(=O)c2ccc3c(c2)N(CCCCc2cc(Cl)ccc2CO3)C[C@@H]2CC[C@H]21. The number of morpholine rings is 1. The van der Waals surface area contributed by atoms with Crippen LogP contribution in [0.2, 0.25) is 5.02 Å². The van der Waals surface area contributed by atoms with E-state index in [1.54, 1.807) is 6.07 Å². The van der Waals surface area contributed by atoms with Crippen LogP contribution in [0.5, 0.6) is 5.75 Å². The first-order valence-corrected chi connectivity index (χ1v) is 22.7. The quantitative estimate of drug-likeness (QED) is 0.353. The summed E-state index contributed by atoms with van der Waals surface area (Å²) in [7, 11) is -2.62. The average Bonchev–Trinajstić information content (AvgIpc) is 3.20. The van der Waals surface area contributed by atoms with Crippen LogP contribution in [-0.2, 0) is 37.3 Å². The van der Waals surface area contributed by atoms with Gasteiger partial charge in [0.2, 0.25) is 10.0 Å². The molecule has 308 valence electrons. The molecule has 4 aliphatic heterocycles. The number of ether oxygens (including phenoxy) is 4. The summed E-state index contributed by atoms with van der Waals surface area (Å²) < 4.78 is 55.5. The number of benzene rings is 2. The topological polar surface area (TPSA) is 110 Å². The van der Waals surface area contributed by atoms with Crippen LogP contribution in [0.4, 0.5) is 5.69 Å². The number of halogens is 1. The third kappa shape index (κ3) is 8.82. The van der Waals surface area contributed by atoms with E-state index in [0.717, 1.165) is 95.8 Å². The summed E-state index contributed by atoms with van der Waals surface area (Å²) in [4.78, 5) is 21.4. The van der Waals surface area contributed by atoms with Crippen LogP contribution >= 0.6 is 11.6 Å². The minimum atomic E-state index is -4.12. The van der Waals surface area contributed by atoms with Gasteiger partial charge < -0.3 is 23.8 Å². The lowest BCUT2D eigenvalue weighted by Crippen LogP contribution is -2.66. The minimum Gasteiger partial charge on any atom is -0.487 e. The second-order valence-electron chi connectivity index (χ2n) is 16.5. The second-order valence-corrected chi connectivity index (χ2v) is 18.9. The number of rotatable bonds is 6. The van der Waals surface area contributed by atoms with Crippen LogP contribution in [0.3, 0.4) is 0 Å². The van der Waals surface area contributed by atoms with Crippen LogP contribution < -0.4 is 14.4 Å². The molecular weight excluding hydrogens is 752 g/mol. The van der Waals surface area contributed by atoms with E-state index in [-0.39, 0.29) is 30.0 Å². The number of nitrogens with one attached hydrogen (secondary N) is 1. The number of carbonyl (C=O) groups is 1. The molecule has 5 aliphatic rings. The molecule has 2 aromatic carbocycles. The lowest BCUT2D eigenvalue weighted by atomic mass is 9.61. The van der Waals surface area contributed by atoms with Crippen LogP contribution in [0, 0.1) is 17.8 Å². The smallest absolute Gasteiger partial charge is 0.264 e. The molecule has 0 radical (unpaired) electrons. The van der Waals surface area contributed by atoms with Gasteiger partial charge in [0.1, 0.15) is 23.2 Å². The Bertz CT molecular complexity index is 1830. The Labute approximate surface area is 339 Å². The third-order valence-electron chi connectivity index (χ3n) is 13.2. The summed E-state index contributed by atoms with van der Waals surface area (Å²) in [6.07, 6.45) is 9.77. The van der Waals surface area contributed by atoms with Gasteiger partial charge in [0, 0.05) is 75.7 Å². The largest absolute Gasteiger partial charge is 0.487 e. The van der Waals surface area contributed by atoms with Gasteiger partial charge in [0.15, 0.2) is 0 Å². The van der Waals surface area contributed by atoms with Gasteiger partial charge >= 0.3 is 0 Å². The van der Waals surface area contributed by atoms with Gasteiger partial charge in [-0.15, -0.1) is 0 Å². The highest BCUT2D eigenvalue weighted by Crippen LogP contribution is 2.49. The zero-order chi connectivity index (χ0) is 39.5. The van der Waals surface area contributed by atoms with E-state index in [1.807, 2.05) is 37.3 Å². The number of hydrogen-bond donors (Lipinski definition) is 1. The predicted molar refractivity (Wildman–Crippen MR) is 220 cm³/mol. The Morgan fingerprint density at radius 3 is 2.70 bits per heavy atom. The van der Waals surface area contributed by atoms with Gasteiger partial charge in [0.05, 0.1) is 25.5 Å². The van der Waals surface area contributed by atoms with Crippen LogP contribution in [0.15, 0.2) is 48.6 Å². The van der Waals surface area contributed by atoms with Crippen LogP contribution in [0.1, 0.15) is 74.4 Å². The number of amides is 1. The van der Waals surface area contributed by atoms with E-state index in [0.29, 0.717) is 42.4 Å². The normalized spacial score (nSPS) is 31.6. The summed E-state index contributed by atoms with van der Waals surface area (Å²) in [6.45, 7) is 14.1. The summed E-state index contributed by atoms with van der Waals surface area (Å²) in [5, 5.41) is -0.235. The van der Waals surface area contributed by atoms with Crippen LogP contribution in [0.25, 0.3) is 0 Å². The molecule has 3 fully saturated rings. The van der Waals surface area contributed by atoms with E-state index >= 15 is 0 Å². The van der Waals surface area contributed by atoms with Crippen molar-refractivity contribution >= 4 is 33.2 Å². The molecule has 1 aliphatic carbocycles. The first kappa shape index (κ1) is 41.4. The molecule has 4 heterocycles. The van der Waals surface area contributed by atoms with Gasteiger partial charge in [-0.05, 0) is 112 Å². The van der Waals surface area contributed by atoms with Crippen molar-refractivity contribution < 1.29 is 32.2 Å². The minimum absolute atomic E-state index is 0.0401. The number of hydrogen-bond acceptors (Lipinski definition) is 10. The van der Waals surface area contributed by atoms with Crippen molar-refractivity contribution in [3.63, 3.8) is 0 Å². The maximum atomic E-state index is 14.0. The molecule has 2 saturated heterocycles. The monoisotopic (exact) mass is 812 g/mol. The summed E-state index contributed by atoms with van der Waals surface area (Å²) in [6, 6.07) is 11.7. The van der Waals surface area contributed by atoms with Crippen molar-refractivity contribution in [2.75, 3.05) is 77.7 Å². The summed E-state index contributed by atoms with van der Waals surface area (Å²) in [5.74, 6) is 0.190. The molecule has 1 amide bonds. The Balaban J connectivity index is 1.30. The first-order chi connectivity index (χ1) is 27.0. The predicted octanol–water partition coefficient (Wildman–Crippen LogP) is 5.94. The standard InChI is InChI=1S/C43H61ClN4O7S/c1-5-55-43(31(3)47-20-19-46-21-22-53-28-37(46)26-47)17-8-9-30(2)41(29-52-4)56(50,51)45-42(49)33-13-16-40-39(24-33)48(25-34-12-15-38(34)43)18-7-6-10-32-23-36(44)14-11-35(32)27-54-40/h8,11,13-14,16-17,23-24,30-31,34,37-38,41H,5-7,9-10,12,15,18-22,25-29H2,1-4H3,(H,45,49)/b17-8+/t30-,31-,34-,37-,38+,41+,43-/m0/s1. The fraction of sp³-hybridized carbons (Fsp3) is 0.651. The van der Waals surface area contributed by atoms with Gasteiger partial charge in [0.25, 0.3) is 5.91 Å². The molecule has 1 N–H and O–H groups in total. The van der Waals surface area contributed by atoms with Gasteiger partial charge in [-0.25, -0.2) is 13.1 Å². The molecule has 56 heavy (non-hydrogen) atoms. The molecule has 0 unspecified atom stereocenters. The zero-order valence-electron chi connectivity index (χ0n) is 33.6. The highest BCUT2D eigenvalue weighted by Gasteiger charge is 2.53. The Hall–Kier alpha value is -2.71. The maximum Gasteiger partial charge on any atom is 0.264 e. The number of sulfonamides is 1. The number of anilines is 1. The fourth-order valence-electron chi connectivity index (χ4n) is 9.86. The summed E-state index contributed by atoms with van der Waals surface area (Å²) in [5.41, 5.74) is 2.72. The number of carbonyl (C=O) groups excluding carboxylic acids is 1. The molecule has 2 aromatic rings. The van der Waals surface area contributed by atoms with E-state index in [2.05, 4.69) is 45.4 Å². The number of fused-ring (bicyclic) bond motifs is 4. The number of piperazine rings is 1. The fourth-order valence-corrected chi connectivity index (χ4v) is 11.6. The van der Waals surface area contributed by atoms with Crippen molar-refractivity contribution in [1.82, 2.24) is 14.5 Å². The molecule has 0 spiro atoms. The Morgan fingerprint density at radius 1 is 1.05 bits per heavy atom. The molecule has 2 bridgehead atoms. The highest BCUT2D eigenvalue weighted by molar-refractivity contribution is 7.90. The van der Waals surface area contributed by atoms with Gasteiger partial charge in [-0.2, -0.15) is 0 Å². The molecule has 13 heteroatoms. The lowest BCUT2D eigenvalue weighted by Gasteiger charge is -2.56. The Morgan fingerprint density at radius 2 is 1.91 bits per heavy atom. The molecule has 7 atom stereocenters. The van der Waals surface area contributed by atoms with Gasteiger partial charge in [-0.3, -0.25) is 14.6 Å². The van der Waals surface area contributed by atoms with Crippen molar-refractivity contribution in [2.24, 2.45) is 17.8 Å². The second kappa shape index (κ2) is 18.1. The Kier molecular flexibility index (Phi) is 13.4. The molecule has 7 rings (SSSR count). The zero-order valence-corrected chi connectivity index (χ0v) is 35.2. The summed E-state index contributed by atoms with van der Waals surface area (Å²) >= 11 is 6.44. The molecule has 11 nitrogen and oxygen atoms in total. The number of aryl methyl sites for hydroxylation is 1. The maximum absolute atomic E-state index is 14.0. The molecular formula is C43H61ClN4O7S. The number of allylic oxidation sites excluding steroid dienone is 1. The van der Waals surface area contributed by atoms with Crippen LogP contribution in [-0.4, -0.2) is 120 Å². The number of nitrogens with zero attached hydrogens (tertiary/aromatic N) is 3. The number of methoxy groups -OCH3 is 1. The van der Waals surface area contributed by atoms with Crippen molar-refractivity contribution in [2.45, 2.75) is 88.8 Å². The molecule has 0 aromatic heterocycles.